The van der Waals surface area contributed by atoms with Crippen molar-refractivity contribution < 1.29 is 13.2 Å². The van der Waals surface area contributed by atoms with Gasteiger partial charge in [-0.3, -0.25) is 0 Å². The van der Waals surface area contributed by atoms with E-state index in [1.807, 2.05) is 39.8 Å². The molecule has 0 saturated carbocycles. The molecule has 0 radical (unpaired) electrons. The zero-order valence-electron chi connectivity index (χ0n) is 19.7. The smallest absolute Gasteiger partial charge is 0.191 e. The second-order valence-corrected chi connectivity index (χ2v) is 10.7. The Bertz CT molecular complexity index is 1040. The molecule has 0 unspecified atom stereocenters. The van der Waals surface area contributed by atoms with Crippen LogP contribution in [0.1, 0.15) is 49.9 Å². The molecule has 0 aliphatic carbocycles. The number of hydrogen-bond acceptors (Lipinski definition) is 4. The lowest BCUT2D eigenvalue weighted by atomic mass is 10.1. The number of rotatable bonds is 7. The summed E-state index contributed by atoms with van der Waals surface area (Å²) in [4.78, 5) is 5.02. The molecule has 0 fully saturated rings. The van der Waals surface area contributed by atoms with Gasteiger partial charge in [0.25, 0.3) is 0 Å². The molecular formula is C24H35N3O3S. The van der Waals surface area contributed by atoms with E-state index >= 15 is 0 Å². The Labute approximate surface area is 187 Å². The average molecular weight is 446 g/mol. The average Bonchev–Trinajstić information content (AvgIpc) is 2.63. The normalized spacial score (nSPS) is 12.5. The zero-order valence-corrected chi connectivity index (χ0v) is 20.5. The van der Waals surface area contributed by atoms with Gasteiger partial charge in [0, 0.05) is 24.9 Å². The summed E-state index contributed by atoms with van der Waals surface area (Å²) in [5.74, 6) is 1.55. The van der Waals surface area contributed by atoms with Crippen LogP contribution in [-0.4, -0.2) is 32.8 Å². The lowest BCUT2D eigenvalue weighted by molar-refractivity contribution is 0.129. The molecule has 0 aliphatic heterocycles. The highest BCUT2D eigenvalue weighted by atomic mass is 32.2. The van der Waals surface area contributed by atoms with Crippen molar-refractivity contribution in [3.63, 3.8) is 0 Å². The quantitative estimate of drug-likeness (QED) is 0.495. The Morgan fingerprint density at radius 1 is 1.06 bits per heavy atom. The highest BCUT2D eigenvalue weighted by molar-refractivity contribution is 7.90. The van der Waals surface area contributed by atoms with E-state index < -0.39 is 9.84 Å². The van der Waals surface area contributed by atoms with Gasteiger partial charge in [-0.2, -0.15) is 0 Å². The second kappa shape index (κ2) is 10.2. The Morgan fingerprint density at radius 2 is 1.77 bits per heavy atom. The summed E-state index contributed by atoms with van der Waals surface area (Å²) in [5.41, 5.74) is 3.61. The Balaban J connectivity index is 2.15. The van der Waals surface area contributed by atoms with E-state index in [0.29, 0.717) is 23.9 Å². The fourth-order valence-corrected chi connectivity index (χ4v) is 4.11. The van der Waals surface area contributed by atoms with Gasteiger partial charge in [-0.05, 0) is 70.4 Å². The minimum Gasteiger partial charge on any atom is -0.488 e. The number of ether oxygens (including phenoxy) is 1. The van der Waals surface area contributed by atoms with Crippen LogP contribution in [0.4, 0.5) is 0 Å². The number of nitrogens with one attached hydrogen (secondary N) is 2. The molecule has 0 spiro atoms. The molecule has 2 aromatic carbocycles. The predicted octanol–water partition coefficient (Wildman–Crippen LogP) is 4.14. The van der Waals surface area contributed by atoms with Crippen LogP contribution in [0.2, 0.25) is 0 Å². The lowest BCUT2D eigenvalue weighted by Gasteiger charge is -2.24. The molecule has 7 heteroatoms. The second-order valence-electron chi connectivity index (χ2n) is 8.75. The maximum atomic E-state index is 11.8. The topological polar surface area (TPSA) is 79.8 Å². The molecule has 170 valence electrons. The fraction of sp³-hybridized carbons (Fsp3) is 0.458. The summed E-state index contributed by atoms with van der Waals surface area (Å²) in [7, 11) is -3.22. The molecule has 0 amide bonds. The molecular weight excluding hydrogens is 410 g/mol. The number of aryl methyl sites for hydroxylation is 2. The van der Waals surface area contributed by atoms with Gasteiger partial charge in [0.2, 0.25) is 0 Å². The van der Waals surface area contributed by atoms with Crippen molar-refractivity contribution in [3.8, 4) is 5.75 Å². The minimum atomic E-state index is -3.22. The van der Waals surface area contributed by atoms with Crippen LogP contribution in [0.15, 0.2) is 46.3 Å². The fourth-order valence-electron chi connectivity index (χ4n) is 3.15. The van der Waals surface area contributed by atoms with Gasteiger partial charge in [-0.25, -0.2) is 13.4 Å². The molecule has 0 heterocycles. The van der Waals surface area contributed by atoms with Crippen LogP contribution in [-0.2, 0) is 22.9 Å². The summed E-state index contributed by atoms with van der Waals surface area (Å²) in [6, 6.07) is 11.5. The molecule has 0 bridgehead atoms. The number of aliphatic imine (C=N–C) groups is 1. The van der Waals surface area contributed by atoms with Gasteiger partial charge in [-0.1, -0.05) is 24.3 Å². The maximum Gasteiger partial charge on any atom is 0.191 e. The van der Waals surface area contributed by atoms with Crippen molar-refractivity contribution >= 4 is 15.8 Å². The van der Waals surface area contributed by atoms with E-state index in [1.54, 1.807) is 13.0 Å². The maximum absolute atomic E-state index is 11.8. The number of hydrogen-bond donors (Lipinski definition) is 2. The molecule has 0 aliphatic rings. The van der Waals surface area contributed by atoms with Crippen LogP contribution in [0, 0.1) is 13.8 Å². The van der Waals surface area contributed by atoms with Gasteiger partial charge < -0.3 is 15.4 Å². The van der Waals surface area contributed by atoms with Crippen molar-refractivity contribution in [2.75, 3.05) is 12.8 Å². The highest BCUT2D eigenvalue weighted by Gasteiger charge is 2.15. The molecule has 0 saturated heterocycles. The van der Waals surface area contributed by atoms with Gasteiger partial charge in [-0.15, -0.1) is 0 Å². The van der Waals surface area contributed by atoms with Crippen LogP contribution < -0.4 is 15.4 Å². The number of guanidine groups is 1. The number of benzene rings is 2. The van der Waals surface area contributed by atoms with Crippen LogP contribution in [0.5, 0.6) is 5.75 Å². The monoisotopic (exact) mass is 445 g/mol. The predicted molar refractivity (Wildman–Crippen MR) is 128 cm³/mol. The summed E-state index contributed by atoms with van der Waals surface area (Å²) in [6.45, 7) is 13.7. The summed E-state index contributed by atoms with van der Waals surface area (Å²) >= 11 is 0. The molecule has 2 N–H and O–H groups in total. The summed E-state index contributed by atoms with van der Waals surface area (Å²) in [6.07, 6.45) is 1.23. The third-order valence-corrected chi connectivity index (χ3v) is 5.74. The molecule has 6 nitrogen and oxygen atoms in total. The number of nitrogens with zero attached hydrogens (tertiary/aromatic N) is 1. The van der Waals surface area contributed by atoms with Crippen molar-refractivity contribution in [3.05, 3.63) is 58.7 Å². The largest absolute Gasteiger partial charge is 0.488 e. The van der Waals surface area contributed by atoms with Gasteiger partial charge in [0.15, 0.2) is 15.8 Å². The Hall–Kier alpha value is -2.54. The first-order chi connectivity index (χ1) is 14.4. The van der Waals surface area contributed by atoms with Crippen LogP contribution in [0.25, 0.3) is 0 Å². The van der Waals surface area contributed by atoms with Crippen LogP contribution >= 0.6 is 0 Å². The van der Waals surface area contributed by atoms with Crippen molar-refractivity contribution in [1.82, 2.24) is 10.6 Å². The molecule has 0 atom stereocenters. The van der Waals surface area contributed by atoms with Crippen LogP contribution in [0.3, 0.4) is 0 Å². The van der Waals surface area contributed by atoms with E-state index in [4.69, 9.17) is 4.74 Å². The van der Waals surface area contributed by atoms with Crippen molar-refractivity contribution in [2.45, 2.75) is 65.1 Å². The molecule has 2 rings (SSSR count). The van der Waals surface area contributed by atoms with E-state index in [0.717, 1.165) is 34.5 Å². The van der Waals surface area contributed by atoms with Crippen molar-refractivity contribution in [2.24, 2.45) is 4.99 Å². The van der Waals surface area contributed by atoms with E-state index in [-0.39, 0.29) is 5.60 Å². The summed E-state index contributed by atoms with van der Waals surface area (Å²) in [5, 5.41) is 6.62. The zero-order chi connectivity index (χ0) is 23.2. The highest BCUT2D eigenvalue weighted by Crippen LogP contribution is 2.24. The Morgan fingerprint density at radius 3 is 2.35 bits per heavy atom. The van der Waals surface area contributed by atoms with Gasteiger partial charge in [0.05, 0.1) is 11.4 Å². The van der Waals surface area contributed by atoms with E-state index in [1.165, 1.54) is 6.26 Å². The molecule has 0 aromatic heterocycles. The van der Waals surface area contributed by atoms with Crippen molar-refractivity contribution in [1.29, 1.82) is 0 Å². The first kappa shape index (κ1) is 24.7. The van der Waals surface area contributed by atoms with E-state index in [2.05, 4.69) is 40.7 Å². The first-order valence-electron chi connectivity index (χ1n) is 10.5. The molecule has 31 heavy (non-hydrogen) atoms. The molecule has 2 aromatic rings. The standard InChI is InChI=1S/C24H35N3O3S/c1-8-25-23(26-15-19-10-12-22(18(3)14-19)31(7,28)29)27-16-20-11-9-17(2)13-21(20)30-24(4,5)6/h9-14H,8,15-16H2,1-7H3,(H2,25,26,27). The minimum absolute atomic E-state index is 0.281. The summed E-state index contributed by atoms with van der Waals surface area (Å²) < 4.78 is 29.8. The third kappa shape index (κ3) is 7.90. The third-order valence-electron chi connectivity index (χ3n) is 4.49. The van der Waals surface area contributed by atoms with Gasteiger partial charge in [0.1, 0.15) is 11.4 Å². The van der Waals surface area contributed by atoms with E-state index in [9.17, 15) is 8.42 Å². The SMILES string of the molecule is CCNC(=NCc1ccc(S(C)(=O)=O)c(C)c1)NCc1ccc(C)cc1OC(C)(C)C. The first-order valence-corrected chi connectivity index (χ1v) is 12.4. The Kier molecular flexibility index (Phi) is 8.12. The van der Waals surface area contributed by atoms with Gasteiger partial charge >= 0.3 is 0 Å². The lowest BCUT2D eigenvalue weighted by Crippen LogP contribution is -2.37. The number of sulfone groups is 1.